The van der Waals surface area contributed by atoms with Crippen LogP contribution in [-0.2, 0) is 0 Å². The van der Waals surface area contributed by atoms with Crippen molar-refractivity contribution in [3.63, 3.8) is 0 Å². The van der Waals surface area contributed by atoms with Crippen molar-refractivity contribution in [1.82, 2.24) is 25.0 Å². The summed E-state index contributed by atoms with van der Waals surface area (Å²) >= 11 is 0. The molecule has 1 spiro atoms. The summed E-state index contributed by atoms with van der Waals surface area (Å²) in [5, 5.41) is 7.30. The van der Waals surface area contributed by atoms with Crippen molar-refractivity contribution in [3.8, 4) is 11.3 Å². The van der Waals surface area contributed by atoms with Gasteiger partial charge >= 0.3 is 0 Å². The largest absolute Gasteiger partial charge is 0.451 e. The van der Waals surface area contributed by atoms with E-state index in [4.69, 9.17) is 4.42 Å². The Morgan fingerprint density at radius 2 is 1.97 bits per heavy atom. The molecule has 1 atom stereocenters. The van der Waals surface area contributed by atoms with Gasteiger partial charge in [-0.25, -0.2) is 9.37 Å². The topological polar surface area (TPSA) is 78.3 Å². The van der Waals surface area contributed by atoms with Crippen molar-refractivity contribution >= 4 is 5.91 Å². The standard InChI is InChI=1S/C21H22FN5O2/c1-13-23-19(25-24-13)16-9-26(2)10-21(16)11-27(12-21)20(28)18-8-7-17(29-18)14-3-5-15(22)6-4-14/h3-8,16H,9-12H2,1-2H3,(H,23,24,25). The molecule has 0 radical (unpaired) electrons. The number of likely N-dealkylation sites (N-methyl/N-ethyl adjacent to an activating group) is 1. The number of aromatic nitrogens is 3. The molecule has 5 rings (SSSR count). The molecule has 4 heterocycles. The minimum absolute atomic E-state index is 0.0224. The van der Waals surface area contributed by atoms with Crippen LogP contribution in [0, 0.1) is 18.2 Å². The number of likely N-dealkylation sites (tertiary alicyclic amines) is 2. The Morgan fingerprint density at radius 1 is 1.21 bits per heavy atom. The minimum Gasteiger partial charge on any atom is -0.451 e. The number of amides is 1. The van der Waals surface area contributed by atoms with E-state index in [2.05, 4.69) is 27.1 Å². The number of aromatic amines is 1. The number of carbonyl (C=O) groups excluding carboxylic acids is 1. The molecule has 8 heteroatoms. The molecule has 2 aliphatic rings. The van der Waals surface area contributed by atoms with E-state index >= 15 is 0 Å². The Bertz CT molecular complexity index is 1050. The molecular formula is C21H22FN5O2. The molecular weight excluding hydrogens is 373 g/mol. The number of hydrogen-bond donors (Lipinski definition) is 1. The molecule has 0 saturated carbocycles. The molecule has 1 N–H and O–H groups in total. The smallest absolute Gasteiger partial charge is 0.289 e. The van der Waals surface area contributed by atoms with E-state index in [0.717, 1.165) is 30.3 Å². The van der Waals surface area contributed by atoms with Gasteiger partial charge in [0.25, 0.3) is 5.91 Å². The van der Waals surface area contributed by atoms with Crippen LogP contribution in [0.1, 0.15) is 28.1 Å². The first-order valence-electron chi connectivity index (χ1n) is 9.66. The van der Waals surface area contributed by atoms with Gasteiger partial charge in [0, 0.05) is 43.1 Å². The second kappa shape index (κ2) is 6.52. The number of aryl methyl sites for hydroxylation is 1. The molecule has 0 bridgehead atoms. The van der Waals surface area contributed by atoms with Crippen molar-refractivity contribution in [1.29, 1.82) is 0 Å². The van der Waals surface area contributed by atoms with Crippen LogP contribution < -0.4 is 0 Å². The summed E-state index contributed by atoms with van der Waals surface area (Å²) in [5.74, 6) is 2.27. The van der Waals surface area contributed by atoms with E-state index in [1.165, 1.54) is 12.1 Å². The summed E-state index contributed by atoms with van der Waals surface area (Å²) < 4.78 is 18.9. The van der Waals surface area contributed by atoms with Gasteiger partial charge in [0.1, 0.15) is 17.4 Å². The van der Waals surface area contributed by atoms with Gasteiger partial charge in [-0.05, 0) is 50.4 Å². The summed E-state index contributed by atoms with van der Waals surface area (Å²) in [6.45, 7) is 5.00. The van der Waals surface area contributed by atoms with Crippen molar-refractivity contribution in [3.05, 3.63) is 59.6 Å². The lowest BCUT2D eigenvalue weighted by Gasteiger charge is -2.50. The van der Waals surface area contributed by atoms with E-state index in [-0.39, 0.29) is 23.1 Å². The third-order valence-electron chi connectivity index (χ3n) is 5.99. The number of nitrogens with zero attached hydrogens (tertiary/aromatic N) is 4. The fourth-order valence-electron chi connectivity index (χ4n) is 4.64. The number of H-pyrrole nitrogens is 1. The third kappa shape index (κ3) is 3.04. The molecule has 2 fully saturated rings. The highest BCUT2D eigenvalue weighted by atomic mass is 19.1. The lowest BCUT2D eigenvalue weighted by molar-refractivity contribution is 0.000857. The van der Waals surface area contributed by atoms with Crippen LogP contribution >= 0.6 is 0 Å². The van der Waals surface area contributed by atoms with Crippen molar-refractivity contribution < 1.29 is 13.6 Å². The predicted molar refractivity (Wildman–Crippen MR) is 104 cm³/mol. The molecule has 150 valence electrons. The number of halogens is 1. The van der Waals surface area contributed by atoms with E-state index in [1.54, 1.807) is 24.3 Å². The summed E-state index contributed by atoms with van der Waals surface area (Å²) in [4.78, 5) is 21.5. The number of rotatable bonds is 3. The molecule has 1 aromatic carbocycles. The first kappa shape index (κ1) is 18.1. The van der Waals surface area contributed by atoms with Crippen LogP contribution in [0.5, 0.6) is 0 Å². The van der Waals surface area contributed by atoms with Gasteiger partial charge in [-0.15, -0.1) is 0 Å². The Hall–Kier alpha value is -3.00. The maximum Gasteiger partial charge on any atom is 0.289 e. The molecule has 3 aromatic rings. The lowest BCUT2D eigenvalue weighted by atomic mass is 9.71. The third-order valence-corrected chi connectivity index (χ3v) is 5.99. The van der Waals surface area contributed by atoms with Crippen molar-refractivity contribution in [2.75, 3.05) is 33.2 Å². The lowest BCUT2D eigenvalue weighted by Crippen LogP contribution is -2.61. The first-order chi connectivity index (χ1) is 13.9. The number of carbonyl (C=O) groups is 1. The van der Waals surface area contributed by atoms with E-state index in [0.29, 0.717) is 24.6 Å². The number of hydrogen-bond acceptors (Lipinski definition) is 5. The highest BCUT2D eigenvalue weighted by Gasteiger charge is 2.56. The molecule has 2 saturated heterocycles. The van der Waals surface area contributed by atoms with Gasteiger partial charge in [0.15, 0.2) is 11.6 Å². The van der Waals surface area contributed by atoms with Gasteiger partial charge in [-0.2, -0.15) is 5.10 Å². The minimum atomic E-state index is -0.305. The monoisotopic (exact) mass is 395 g/mol. The maximum atomic E-state index is 13.1. The Morgan fingerprint density at radius 3 is 2.66 bits per heavy atom. The van der Waals surface area contributed by atoms with E-state index < -0.39 is 0 Å². The zero-order valence-corrected chi connectivity index (χ0v) is 16.4. The number of nitrogens with one attached hydrogen (secondary N) is 1. The van der Waals surface area contributed by atoms with Gasteiger partial charge in [-0.3, -0.25) is 9.89 Å². The van der Waals surface area contributed by atoms with Crippen LogP contribution in [-0.4, -0.2) is 64.1 Å². The van der Waals surface area contributed by atoms with Gasteiger partial charge < -0.3 is 14.2 Å². The Balaban J connectivity index is 1.31. The zero-order valence-electron chi connectivity index (χ0n) is 16.4. The van der Waals surface area contributed by atoms with Gasteiger partial charge in [-0.1, -0.05) is 0 Å². The molecule has 1 unspecified atom stereocenters. The molecule has 1 amide bonds. The Kier molecular flexibility index (Phi) is 4.06. The van der Waals surface area contributed by atoms with Crippen LogP contribution in [0.2, 0.25) is 0 Å². The molecule has 0 aliphatic carbocycles. The van der Waals surface area contributed by atoms with E-state index in [1.807, 2.05) is 11.8 Å². The molecule has 7 nitrogen and oxygen atoms in total. The van der Waals surface area contributed by atoms with E-state index in [9.17, 15) is 9.18 Å². The van der Waals surface area contributed by atoms with Crippen LogP contribution in [0.25, 0.3) is 11.3 Å². The zero-order chi connectivity index (χ0) is 20.2. The maximum absolute atomic E-state index is 13.1. The average molecular weight is 395 g/mol. The normalized spacial score (nSPS) is 20.9. The van der Waals surface area contributed by atoms with Crippen LogP contribution in [0.4, 0.5) is 4.39 Å². The molecule has 29 heavy (non-hydrogen) atoms. The molecule has 2 aliphatic heterocycles. The number of benzene rings is 1. The fourth-order valence-corrected chi connectivity index (χ4v) is 4.64. The highest BCUT2D eigenvalue weighted by molar-refractivity contribution is 5.92. The Labute approximate surface area is 167 Å². The first-order valence-corrected chi connectivity index (χ1v) is 9.66. The summed E-state index contributed by atoms with van der Waals surface area (Å²) in [5.41, 5.74) is 0.716. The van der Waals surface area contributed by atoms with Crippen LogP contribution in [0.3, 0.4) is 0 Å². The fraction of sp³-hybridized carbons (Fsp3) is 0.381. The summed E-state index contributed by atoms with van der Waals surface area (Å²) in [7, 11) is 2.09. The summed E-state index contributed by atoms with van der Waals surface area (Å²) in [6, 6.07) is 9.46. The van der Waals surface area contributed by atoms with Crippen molar-refractivity contribution in [2.24, 2.45) is 5.41 Å². The molecule has 2 aromatic heterocycles. The average Bonchev–Trinajstić information content (AvgIpc) is 3.38. The second-order valence-corrected chi connectivity index (χ2v) is 8.22. The number of furan rings is 1. The second-order valence-electron chi connectivity index (χ2n) is 8.22. The van der Waals surface area contributed by atoms with Crippen LogP contribution in [0.15, 0.2) is 40.8 Å². The van der Waals surface area contributed by atoms with Gasteiger partial charge in [0.05, 0.1) is 0 Å². The summed E-state index contributed by atoms with van der Waals surface area (Å²) in [6.07, 6.45) is 0. The van der Waals surface area contributed by atoms with Gasteiger partial charge in [0.2, 0.25) is 0 Å². The predicted octanol–water partition coefficient (Wildman–Crippen LogP) is 2.68. The SMILES string of the molecule is Cc1nc(C2CN(C)CC23CN(C(=O)c2ccc(-c4ccc(F)cc4)o2)C3)n[nH]1. The van der Waals surface area contributed by atoms with Crippen molar-refractivity contribution in [2.45, 2.75) is 12.8 Å². The quantitative estimate of drug-likeness (QED) is 0.738. The highest BCUT2D eigenvalue weighted by Crippen LogP contribution is 2.48.